The highest BCUT2D eigenvalue weighted by atomic mass is 16.5. The van der Waals surface area contributed by atoms with E-state index in [2.05, 4.69) is 16.7 Å². The van der Waals surface area contributed by atoms with Gasteiger partial charge in [-0.25, -0.2) is 0 Å². The summed E-state index contributed by atoms with van der Waals surface area (Å²) in [6.07, 6.45) is 5.12. The molecule has 2 aromatic rings. The highest BCUT2D eigenvalue weighted by Gasteiger charge is 2.25. The standard InChI is InChI=1S/C25H33N3O4/c1-20-5-2-11-27(20)12-4-18-31-22-9-7-21(8-10-22)23(29)19-26-13-15-28(16-14-26)25(30)24-6-3-17-32-24/h3,6-10,17,20H,2,4-5,11-16,18-19H2,1H3/t20-/m1/s1. The quantitative estimate of drug-likeness (QED) is 0.442. The zero-order valence-electron chi connectivity index (χ0n) is 18.9. The number of likely N-dealkylation sites (tertiary alicyclic amines) is 1. The topological polar surface area (TPSA) is 66.2 Å². The van der Waals surface area contributed by atoms with Crippen LogP contribution in [0.25, 0.3) is 0 Å². The van der Waals surface area contributed by atoms with Crippen LogP contribution in [0.2, 0.25) is 0 Å². The normalized spacial score (nSPS) is 19.9. The SMILES string of the molecule is C[C@@H]1CCCN1CCCOc1ccc(C(=O)CN2CCN(C(=O)c3ccco3)CC2)cc1. The summed E-state index contributed by atoms with van der Waals surface area (Å²) in [5.74, 6) is 1.17. The molecule has 0 N–H and O–H groups in total. The number of carbonyl (C=O) groups is 2. The Bertz CT molecular complexity index is 873. The van der Waals surface area contributed by atoms with Crippen LogP contribution in [0.4, 0.5) is 0 Å². The molecule has 0 spiro atoms. The van der Waals surface area contributed by atoms with E-state index in [9.17, 15) is 9.59 Å². The number of nitrogens with zero attached hydrogens (tertiary/aromatic N) is 3. The van der Waals surface area contributed by atoms with Crippen LogP contribution in [0, 0.1) is 0 Å². The van der Waals surface area contributed by atoms with Gasteiger partial charge in [0.25, 0.3) is 5.91 Å². The number of piperazine rings is 1. The second-order valence-electron chi connectivity index (χ2n) is 8.72. The highest BCUT2D eigenvalue weighted by molar-refractivity contribution is 5.97. The van der Waals surface area contributed by atoms with Crippen LogP contribution in [-0.4, -0.2) is 84.9 Å². The van der Waals surface area contributed by atoms with Gasteiger partial charge in [0, 0.05) is 44.3 Å². The summed E-state index contributed by atoms with van der Waals surface area (Å²) in [4.78, 5) is 31.4. The maximum atomic E-state index is 12.7. The van der Waals surface area contributed by atoms with Crippen LogP contribution < -0.4 is 4.74 Å². The van der Waals surface area contributed by atoms with Gasteiger partial charge in [-0.05, 0) is 69.1 Å². The Morgan fingerprint density at radius 3 is 2.50 bits per heavy atom. The first-order valence-electron chi connectivity index (χ1n) is 11.7. The summed E-state index contributed by atoms with van der Waals surface area (Å²) in [6, 6.07) is 11.5. The van der Waals surface area contributed by atoms with Gasteiger partial charge < -0.3 is 19.0 Å². The summed E-state index contributed by atoms with van der Waals surface area (Å²) in [7, 11) is 0. The van der Waals surface area contributed by atoms with Crippen molar-refractivity contribution in [1.82, 2.24) is 14.7 Å². The van der Waals surface area contributed by atoms with Crippen molar-refractivity contribution in [3.63, 3.8) is 0 Å². The molecule has 0 radical (unpaired) electrons. The van der Waals surface area contributed by atoms with E-state index in [1.807, 2.05) is 24.3 Å². The van der Waals surface area contributed by atoms with Gasteiger partial charge in [-0.3, -0.25) is 14.5 Å². The van der Waals surface area contributed by atoms with Gasteiger partial charge >= 0.3 is 0 Å². The minimum atomic E-state index is -0.0912. The number of benzene rings is 1. The molecule has 2 aliphatic heterocycles. The fraction of sp³-hybridized carbons (Fsp3) is 0.520. The summed E-state index contributed by atoms with van der Waals surface area (Å²) < 4.78 is 11.1. The molecule has 7 heteroatoms. The number of Topliss-reactive ketones (excluding diaryl/α,β-unsaturated/α-hetero) is 1. The number of rotatable bonds is 9. The maximum Gasteiger partial charge on any atom is 0.289 e. The van der Waals surface area contributed by atoms with Gasteiger partial charge in [0.1, 0.15) is 5.75 Å². The molecular weight excluding hydrogens is 406 g/mol. The monoisotopic (exact) mass is 439 g/mol. The van der Waals surface area contributed by atoms with Crippen molar-refractivity contribution < 1.29 is 18.7 Å². The average Bonchev–Trinajstić information content (AvgIpc) is 3.49. The van der Waals surface area contributed by atoms with E-state index < -0.39 is 0 Å². The van der Waals surface area contributed by atoms with Crippen molar-refractivity contribution >= 4 is 11.7 Å². The Morgan fingerprint density at radius 1 is 1.06 bits per heavy atom. The second-order valence-corrected chi connectivity index (χ2v) is 8.72. The number of carbonyl (C=O) groups excluding carboxylic acids is 2. The highest BCUT2D eigenvalue weighted by Crippen LogP contribution is 2.17. The van der Waals surface area contributed by atoms with Gasteiger partial charge in [-0.2, -0.15) is 0 Å². The van der Waals surface area contributed by atoms with E-state index in [1.165, 1.54) is 25.6 Å². The van der Waals surface area contributed by atoms with E-state index >= 15 is 0 Å². The first-order chi connectivity index (χ1) is 15.6. The Morgan fingerprint density at radius 2 is 1.84 bits per heavy atom. The Balaban J connectivity index is 1.17. The third kappa shape index (κ3) is 5.78. The van der Waals surface area contributed by atoms with E-state index in [1.54, 1.807) is 17.0 Å². The number of hydrogen-bond donors (Lipinski definition) is 0. The van der Waals surface area contributed by atoms with Crippen LogP contribution >= 0.6 is 0 Å². The molecule has 0 aliphatic carbocycles. The molecule has 3 heterocycles. The van der Waals surface area contributed by atoms with Gasteiger partial charge in [-0.1, -0.05) is 0 Å². The lowest BCUT2D eigenvalue weighted by molar-refractivity contribution is 0.0596. The van der Waals surface area contributed by atoms with Crippen molar-refractivity contribution in [1.29, 1.82) is 0 Å². The van der Waals surface area contributed by atoms with E-state index in [0.717, 1.165) is 18.7 Å². The third-order valence-electron chi connectivity index (χ3n) is 6.48. The molecule has 1 aromatic carbocycles. The van der Waals surface area contributed by atoms with Crippen LogP contribution in [0.3, 0.4) is 0 Å². The lowest BCUT2D eigenvalue weighted by Gasteiger charge is -2.33. The van der Waals surface area contributed by atoms with Crippen LogP contribution in [-0.2, 0) is 0 Å². The molecule has 0 unspecified atom stereocenters. The summed E-state index contributed by atoms with van der Waals surface area (Å²) in [5, 5.41) is 0. The summed E-state index contributed by atoms with van der Waals surface area (Å²) in [5.41, 5.74) is 0.692. The van der Waals surface area contributed by atoms with E-state index in [0.29, 0.717) is 56.7 Å². The zero-order chi connectivity index (χ0) is 22.3. The fourth-order valence-corrected chi connectivity index (χ4v) is 4.48. The van der Waals surface area contributed by atoms with Gasteiger partial charge in [0.2, 0.25) is 0 Å². The largest absolute Gasteiger partial charge is 0.494 e. The van der Waals surface area contributed by atoms with Crippen molar-refractivity contribution in [2.24, 2.45) is 0 Å². The molecule has 1 aromatic heterocycles. The molecule has 4 rings (SSSR count). The second kappa shape index (κ2) is 10.8. The number of ketones is 1. The third-order valence-corrected chi connectivity index (χ3v) is 6.48. The number of furan rings is 1. The minimum Gasteiger partial charge on any atom is -0.494 e. The molecule has 172 valence electrons. The zero-order valence-corrected chi connectivity index (χ0v) is 18.9. The van der Waals surface area contributed by atoms with Gasteiger partial charge in [-0.15, -0.1) is 0 Å². The molecule has 2 fully saturated rings. The summed E-state index contributed by atoms with van der Waals surface area (Å²) in [6.45, 7) is 8.17. The molecule has 1 amide bonds. The molecule has 2 aliphatic rings. The minimum absolute atomic E-state index is 0.0883. The fourth-order valence-electron chi connectivity index (χ4n) is 4.48. The van der Waals surface area contributed by atoms with Crippen LogP contribution in [0.5, 0.6) is 5.75 Å². The number of amides is 1. The van der Waals surface area contributed by atoms with Crippen LogP contribution in [0.1, 0.15) is 47.1 Å². The Labute approximate surface area is 189 Å². The average molecular weight is 440 g/mol. The van der Waals surface area contributed by atoms with Gasteiger partial charge in [0.05, 0.1) is 19.4 Å². The van der Waals surface area contributed by atoms with Crippen molar-refractivity contribution in [3.8, 4) is 5.75 Å². The van der Waals surface area contributed by atoms with Crippen molar-refractivity contribution in [2.75, 3.05) is 52.4 Å². The van der Waals surface area contributed by atoms with Gasteiger partial charge in [0.15, 0.2) is 11.5 Å². The molecule has 1 atom stereocenters. The molecular formula is C25H33N3O4. The molecule has 7 nitrogen and oxygen atoms in total. The van der Waals surface area contributed by atoms with E-state index in [4.69, 9.17) is 9.15 Å². The van der Waals surface area contributed by atoms with E-state index in [-0.39, 0.29) is 11.7 Å². The molecule has 0 saturated carbocycles. The molecule has 2 saturated heterocycles. The first kappa shape index (κ1) is 22.6. The lowest BCUT2D eigenvalue weighted by Crippen LogP contribution is -2.49. The molecule has 0 bridgehead atoms. The predicted octanol–water partition coefficient (Wildman–Crippen LogP) is 3.17. The predicted molar refractivity (Wildman–Crippen MR) is 122 cm³/mol. The first-order valence-corrected chi connectivity index (χ1v) is 11.7. The smallest absolute Gasteiger partial charge is 0.289 e. The summed E-state index contributed by atoms with van der Waals surface area (Å²) >= 11 is 0. The number of ether oxygens (including phenoxy) is 1. The Hall–Kier alpha value is -2.64. The number of hydrogen-bond acceptors (Lipinski definition) is 6. The lowest BCUT2D eigenvalue weighted by atomic mass is 10.1. The van der Waals surface area contributed by atoms with Crippen molar-refractivity contribution in [2.45, 2.75) is 32.2 Å². The molecule has 32 heavy (non-hydrogen) atoms. The van der Waals surface area contributed by atoms with Crippen molar-refractivity contribution in [3.05, 3.63) is 54.0 Å². The maximum absolute atomic E-state index is 12.7. The van der Waals surface area contributed by atoms with Crippen LogP contribution in [0.15, 0.2) is 47.1 Å². The Kier molecular flexibility index (Phi) is 7.60.